The van der Waals surface area contributed by atoms with Crippen LogP contribution in [0.4, 0.5) is 0 Å². The number of aliphatic hydroxyl groups excluding tert-OH is 1. The van der Waals surface area contributed by atoms with Crippen LogP contribution in [0.5, 0.6) is 5.75 Å². The molecular weight excluding hydrogens is 311 g/mol. The van der Waals surface area contributed by atoms with Gasteiger partial charge in [-0.15, -0.1) is 12.4 Å². The molecule has 108 valence electrons. The number of nitrogens with zero attached hydrogens (tertiary/aromatic N) is 1. The molecule has 1 aromatic carbocycles. The van der Waals surface area contributed by atoms with E-state index in [1.807, 2.05) is 0 Å². The van der Waals surface area contributed by atoms with Gasteiger partial charge in [-0.25, -0.2) is 0 Å². The lowest BCUT2D eigenvalue weighted by molar-refractivity contribution is 0.109. The van der Waals surface area contributed by atoms with Crippen molar-refractivity contribution >= 4 is 35.6 Å². The summed E-state index contributed by atoms with van der Waals surface area (Å²) in [4.78, 5) is 2.10. The zero-order valence-corrected chi connectivity index (χ0v) is 12.6. The van der Waals surface area contributed by atoms with E-state index in [0.29, 0.717) is 15.6 Å². The third-order valence-corrected chi connectivity index (χ3v) is 3.70. The molecular formula is C12H17Cl3N2O2. The molecule has 1 aliphatic heterocycles. The molecule has 0 bridgehead atoms. The molecule has 0 unspecified atom stereocenters. The van der Waals surface area contributed by atoms with Crippen molar-refractivity contribution in [1.82, 2.24) is 10.2 Å². The van der Waals surface area contributed by atoms with E-state index in [2.05, 4.69) is 10.2 Å². The highest BCUT2D eigenvalue weighted by molar-refractivity contribution is 6.35. The molecule has 4 nitrogen and oxygen atoms in total. The molecule has 0 amide bonds. The third kappa shape index (κ3) is 3.88. The van der Waals surface area contributed by atoms with E-state index >= 15 is 0 Å². The van der Waals surface area contributed by atoms with Gasteiger partial charge in [-0.2, -0.15) is 0 Å². The Balaban J connectivity index is 0.00000180. The molecule has 0 saturated carbocycles. The number of benzene rings is 1. The summed E-state index contributed by atoms with van der Waals surface area (Å²) in [5.41, 5.74) is 0.547. The van der Waals surface area contributed by atoms with E-state index in [0.717, 1.165) is 26.2 Å². The van der Waals surface area contributed by atoms with Crippen LogP contribution in [0.1, 0.15) is 11.6 Å². The second-order valence-electron chi connectivity index (χ2n) is 4.30. The summed E-state index contributed by atoms with van der Waals surface area (Å²) in [6.07, 6.45) is 0. The minimum atomic E-state index is -0.295. The molecule has 19 heavy (non-hydrogen) atoms. The molecule has 0 radical (unpaired) electrons. The number of nitrogens with one attached hydrogen (secondary N) is 1. The first-order chi connectivity index (χ1) is 8.63. The van der Waals surface area contributed by atoms with Crippen molar-refractivity contribution in [3.8, 4) is 5.75 Å². The average molecular weight is 328 g/mol. The fourth-order valence-electron chi connectivity index (χ4n) is 2.28. The highest BCUT2D eigenvalue weighted by Crippen LogP contribution is 2.37. The van der Waals surface area contributed by atoms with Crippen molar-refractivity contribution in [3.05, 3.63) is 27.7 Å². The molecule has 1 heterocycles. The predicted molar refractivity (Wildman–Crippen MR) is 79.6 cm³/mol. The van der Waals surface area contributed by atoms with Crippen molar-refractivity contribution in [2.24, 2.45) is 0 Å². The van der Waals surface area contributed by atoms with Crippen molar-refractivity contribution < 1.29 is 10.2 Å². The molecule has 1 aromatic rings. The van der Waals surface area contributed by atoms with Crippen LogP contribution in [0.15, 0.2) is 12.1 Å². The van der Waals surface area contributed by atoms with E-state index in [1.165, 1.54) is 6.07 Å². The second kappa shape index (κ2) is 7.53. The van der Waals surface area contributed by atoms with E-state index in [-0.39, 0.29) is 30.8 Å². The summed E-state index contributed by atoms with van der Waals surface area (Å²) in [6, 6.07) is 2.74. The summed E-state index contributed by atoms with van der Waals surface area (Å²) >= 11 is 12.0. The number of hydrogen-bond donors (Lipinski definition) is 3. The molecule has 1 atom stereocenters. The number of piperazine rings is 1. The molecule has 1 aliphatic rings. The Bertz CT molecular complexity index is 402. The molecule has 3 N–H and O–H groups in total. The monoisotopic (exact) mass is 326 g/mol. The molecule has 7 heteroatoms. The maximum Gasteiger partial charge on any atom is 0.123 e. The van der Waals surface area contributed by atoms with E-state index in [4.69, 9.17) is 23.2 Å². The van der Waals surface area contributed by atoms with E-state index in [9.17, 15) is 10.2 Å². The Labute approximate surface area is 128 Å². The van der Waals surface area contributed by atoms with Gasteiger partial charge >= 0.3 is 0 Å². The largest absolute Gasteiger partial charge is 0.507 e. The summed E-state index contributed by atoms with van der Waals surface area (Å²) in [5.74, 6) is 0.0325. The number of halogens is 3. The maximum atomic E-state index is 9.98. The summed E-state index contributed by atoms with van der Waals surface area (Å²) in [5, 5.41) is 23.6. The van der Waals surface area contributed by atoms with Gasteiger partial charge in [0.15, 0.2) is 0 Å². The SMILES string of the molecule is Cl.OC[C@H](c1c(O)cc(Cl)cc1Cl)N1CCNCC1. The molecule has 1 fully saturated rings. The maximum absolute atomic E-state index is 9.98. The zero-order chi connectivity index (χ0) is 13.1. The van der Waals surface area contributed by atoms with Gasteiger partial charge in [0, 0.05) is 36.8 Å². The molecule has 2 rings (SSSR count). The lowest BCUT2D eigenvalue weighted by Gasteiger charge is -2.34. The quantitative estimate of drug-likeness (QED) is 0.795. The lowest BCUT2D eigenvalue weighted by atomic mass is 10.0. The first-order valence-electron chi connectivity index (χ1n) is 5.87. The average Bonchev–Trinajstić information content (AvgIpc) is 2.34. The molecule has 0 aliphatic carbocycles. The zero-order valence-electron chi connectivity index (χ0n) is 10.3. The van der Waals surface area contributed by atoms with Crippen LogP contribution >= 0.6 is 35.6 Å². The highest BCUT2D eigenvalue weighted by atomic mass is 35.5. The number of phenols is 1. The van der Waals surface area contributed by atoms with Crippen LogP contribution in [-0.2, 0) is 0 Å². The Morgan fingerprint density at radius 1 is 1.26 bits per heavy atom. The van der Waals surface area contributed by atoms with Crippen molar-refractivity contribution in [2.45, 2.75) is 6.04 Å². The predicted octanol–water partition coefficient (Wildman–Crippen LogP) is 2.06. The number of phenolic OH excluding ortho intramolecular Hbond substituents is 1. The van der Waals surface area contributed by atoms with E-state index in [1.54, 1.807) is 6.07 Å². The Hall–Kier alpha value is -0.230. The van der Waals surface area contributed by atoms with Gasteiger partial charge < -0.3 is 15.5 Å². The summed E-state index contributed by atoms with van der Waals surface area (Å²) in [6.45, 7) is 3.26. The first kappa shape index (κ1) is 16.8. The number of aromatic hydroxyl groups is 1. The lowest BCUT2D eigenvalue weighted by Crippen LogP contribution is -2.46. The minimum absolute atomic E-state index is 0. The minimum Gasteiger partial charge on any atom is -0.507 e. The van der Waals surface area contributed by atoms with Gasteiger partial charge in [0.05, 0.1) is 17.7 Å². The van der Waals surface area contributed by atoms with Crippen molar-refractivity contribution in [1.29, 1.82) is 0 Å². The topological polar surface area (TPSA) is 55.7 Å². The summed E-state index contributed by atoms with van der Waals surface area (Å²) in [7, 11) is 0. The van der Waals surface area contributed by atoms with Gasteiger partial charge in [0.2, 0.25) is 0 Å². The Morgan fingerprint density at radius 3 is 2.42 bits per heavy atom. The van der Waals surface area contributed by atoms with Crippen molar-refractivity contribution in [2.75, 3.05) is 32.8 Å². The van der Waals surface area contributed by atoms with Crippen LogP contribution < -0.4 is 5.32 Å². The van der Waals surface area contributed by atoms with Gasteiger partial charge in [0.25, 0.3) is 0 Å². The third-order valence-electron chi connectivity index (χ3n) is 3.17. The fourth-order valence-corrected chi connectivity index (χ4v) is 2.89. The molecule has 1 saturated heterocycles. The standard InChI is InChI=1S/C12H16Cl2N2O2.ClH/c13-8-5-9(14)12(11(18)6-8)10(7-17)16-3-1-15-2-4-16;/h5-6,10,15,17-18H,1-4,7H2;1H/t10-;/m1./s1. The van der Waals surface area contributed by atoms with Gasteiger partial charge in [-0.3, -0.25) is 4.90 Å². The van der Waals surface area contributed by atoms with Crippen molar-refractivity contribution in [3.63, 3.8) is 0 Å². The molecule has 0 spiro atoms. The van der Waals surface area contributed by atoms with Gasteiger partial charge in [-0.1, -0.05) is 23.2 Å². The Kier molecular flexibility index (Phi) is 6.66. The van der Waals surface area contributed by atoms with Crippen LogP contribution in [-0.4, -0.2) is 47.9 Å². The normalized spacial score (nSPS) is 17.8. The van der Waals surface area contributed by atoms with Crippen LogP contribution in [0.25, 0.3) is 0 Å². The number of aliphatic hydroxyl groups is 1. The number of rotatable bonds is 3. The van der Waals surface area contributed by atoms with Crippen LogP contribution in [0, 0.1) is 0 Å². The van der Waals surface area contributed by atoms with Gasteiger partial charge in [-0.05, 0) is 12.1 Å². The summed E-state index contributed by atoms with van der Waals surface area (Å²) < 4.78 is 0. The van der Waals surface area contributed by atoms with Gasteiger partial charge in [0.1, 0.15) is 5.75 Å². The van der Waals surface area contributed by atoms with E-state index < -0.39 is 0 Å². The Morgan fingerprint density at radius 2 is 1.89 bits per heavy atom. The number of hydrogen-bond acceptors (Lipinski definition) is 4. The fraction of sp³-hybridized carbons (Fsp3) is 0.500. The van der Waals surface area contributed by atoms with Crippen LogP contribution in [0.3, 0.4) is 0 Å². The second-order valence-corrected chi connectivity index (χ2v) is 5.15. The first-order valence-corrected chi connectivity index (χ1v) is 6.62. The highest BCUT2D eigenvalue weighted by Gasteiger charge is 2.26. The smallest absolute Gasteiger partial charge is 0.123 e. The van der Waals surface area contributed by atoms with Crippen LogP contribution in [0.2, 0.25) is 10.0 Å². The molecule has 0 aromatic heterocycles.